The molecule has 2 aromatic carbocycles. The average molecular weight is 296 g/mol. The van der Waals surface area contributed by atoms with Crippen molar-refractivity contribution in [2.45, 2.75) is 6.54 Å². The molecule has 0 spiro atoms. The summed E-state index contributed by atoms with van der Waals surface area (Å²) in [6.07, 6.45) is 0. The molecule has 0 unspecified atom stereocenters. The second-order valence-electron chi connectivity index (χ2n) is 4.51. The highest BCUT2D eigenvalue weighted by Gasteiger charge is 2.16. The number of amides is 1. The molecule has 7 nitrogen and oxygen atoms in total. The largest absolute Gasteiger partial charge is 0.381 e. The minimum absolute atomic E-state index is 0.0851. The van der Waals surface area contributed by atoms with E-state index in [9.17, 15) is 14.9 Å². The third kappa shape index (κ3) is 3.37. The van der Waals surface area contributed by atoms with Crippen LogP contribution in [0.1, 0.15) is 21.5 Å². The fraction of sp³-hybridized carbons (Fsp3) is 0.0667. The number of carbonyl (C=O) groups excluding carboxylic acids is 1. The number of hydrogen-bond donors (Lipinski definition) is 2. The molecular weight excluding hydrogens is 284 g/mol. The number of nitrogens with zero attached hydrogens (tertiary/aromatic N) is 2. The van der Waals surface area contributed by atoms with Crippen LogP contribution in [-0.4, -0.2) is 10.8 Å². The predicted octanol–water partition coefficient (Wildman–Crippen LogP) is 2.18. The van der Waals surface area contributed by atoms with Gasteiger partial charge in [-0.1, -0.05) is 6.07 Å². The highest BCUT2D eigenvalue weighted by Crippen LogP contribution is 2.22. The summed E-state index contributed by atoms with van der Waals surface area (Å²) in [4.78, 5) is 21.6. The summed E-state index contributed by atoms with van der Waals surface area (Å²) in [5.74, 6) is -0.718. The van der Waals surface area contributed by atoms with Crippen LogP contribution in [0.15, 0.2) is 42.5 Å². The molecule has 0 aromatic heterocycles. The van der Waals surface area contributed by atoms with E-state index in [2.05, 4.69) is 5.32 Å². The molecule has 0 aliphatic carbocycles. The molecule has 3 N–H and O–H groups in total. The number of nitrogens with one attached hydrogen (secondary N) is 1. The molecule has 0 radical (unpaired) electrons. The smallest absolute Gasteiger partial charge is 0.275 e. The summed E-state index contributed by atoms with van der Waals surface area (Å²) in [6, 6.07) is 12.9. The first-order valence-electron chi connectivity index (χ1n) is 6.32. The lowest BCUT2D eigenvalue weighted by Gasteiger charge is -2.08. The van der Waals surface area contributed by atoms with E-state index in [-0.39, 0.29) is 17.8 Å². The highest BCUT2D eigenvalue weighted by molar-refractivity contribution is 5.93. The molecule has 1 amide bonds. The molecule has 0 aliphatic heterocycles. The average Bonchev–Trinajstić information content (AvgIpc) is 2.52. The summed E-state index contributed by atoms with van der Waals surface area (Å²) in [5.41, 5.74) is 6.60. The van der Waals surface area contributed by atoms with Crippen LogP contribution in [0.5, 0.6) is 0 Å². The van der Waals surface area contributed by atoms with Gasteiger partial charge in [0.25, 0.3) is 5.69 Å². The van der Waals surface area contributed by atoms with E-state index in [1.807, 2.05) is 6.07 Å². The van der Waals surface area contributed by atoms with E-state index in [0.717, 1.165) is 6.07 Å². The van der Waals surface area contributed by atoms with Crippen molar-refractivity contribution in [3.63, 3.8) is 0 Å². The van der Waals surface area contributed by atoms with Gasteiger partial charge in [0.05, 0.1) is 16.6 Å². The van der Waals surface area contributed by atoms with Crippen molar-refractivity contribution in [3.8, 4) is 6.07 Å². The van der Waals surface area contributed by atoms with E-state index in [1.165, 1.54) is 12.1 Å². The summed E-state index contributed by atoms with van der Waals surface area (Å²) < 4.78 is 0. The Morgan fingerprint density at radius 3 is 2.73 bits per heavy atom. The van der Waals surface area contributed by atoms with E-state index in [4.69, 9.17) is 11.0 Å². The third-order valence-electron chi connectivity index (χ3n) is 3.04. The van der Waals surface area contributed by atoms with Gasteiger partial charge in [-0.25, -0.2) is 0 Å². The monoisotopic (exact) mass is 296 g/mol. The number of nitro benzene ring substituents is 1. The lowest BCUT2D eigenvalue weighted by atomic mass is 10.1. The summed E-state index contributed by atoms with van der Waals surface area (Å²) in [7, 11) is 0. The van der Waals surface area contributed by atoms with Gasteiger partial charge in [0.15, 0.2) is 0 Å². The number of nitrogens with two attached hydrogens (primary N) is 1. The number of benzene rings is 2. The molecule has 0 aliphatic rings. The fourth-order valence-corrected chi connectivity index (χ4v) is 1.93. The lowest BCUT2D eigenvalue weighted by Crippen LogP contribution is -2.12. The molecule has 0 bridgehead atoms. The molecule has 0 atom stereocenters. The molecule has 2 aromatic rings. The van der Waals surface area contributed by atoms with Gasteiger partial charge < -0.3 is 11.1 Å². The molecule has 0 saturated heterocycles. The van der Waals surface area contributed by atoms with Crippen molar-refractivity contribution in [2.24, 2.45) is 5.73 Å². The first kappa shape index (κ1) is 15.0. The molecule has 2 rings (SSSR count). The third-order valence-corrected chi connectivity index (χ3v) is 3.04. The Morgan fingerprint density at radius 1 is 1.32 bits per heavy atom. The van der Waals surface area contributed by atoms with Crippen molar-refractivity contribution in [1.82, 2.24) is 0 Å². The van der Waals surface area contributed by atoms with Crippen molar-refractivity contribution in [2.75, 3.05) is 5.32 Å². The normalized spacial score (nSPS) is 9.77. The van der Waals surface area contributed by atoms with Gasteiger partial charge in [0.1, 0.15) is 0 Å². The van der Waals surface area contributed by atoms with Crippen molar-refractivity contribution < 1.29 is 9.72 Å². The van der Waals surface area contributed by atoms with Gasteiger partial charge in [-0.3, -0.25) is 14.9 Å². The minimum Gasteiger partial charge on any atom is -0.381 e. The van der Waals surface area contributed by atoms with E-state index >= 15 is 0 Å². The molecular formula is C15H12N4O3. The SMILES string of the molecule is N#Cc1cccc(NCc2ccc(C(N)=O)cc2[N+](=O)[O-])c1. The number of nitriles is 1. The second kappa shape index (κ2) is 6.37. The Balaban J connectivity index is 2.24. The predicted molar refractivity (Wildman–Crippen MR) is 80.1 cm³/mol. The van der Waals surface area contributed by atoms with Crippen LogP contribution in [0.3, 0.4) is 0 Å². The van der Waals surface area contributed by atoms with Crippen LogP contribution >= 0.6 is 0 Å². The van der Waals surface area contributed by atoms with Gasteiger partial charge in [0, 0.05) is 29.4 Å². The fourth-order valence-electron chi connectivity index (χ4n) is 1.93. The Hall–Kier alpha value is -3.40. The zero-order valence-corrected chi connectivity index (χ0v) is 11.4. The number of anilines is 1. The van der Waals surface area contributed by atoms with Gasteiger partial charge >= 0.3 is 0 Å². The lowest BCUT2D eigenvalue weighted by molar-refractivity contribution is -0.385. The Bertz CT molecular complexity index is 781. The Morgan fingerprint density at radius 2 is 2.09 bits per heavy atom. The van der Waals surface area contributed by atoms with E-state index in [1.54, 1.807) is 24.3 Å². The summed E-state index contributed by atoms with van der Waals surface area (Å²) >= 11 is 0. The number of nitro groups is 1. The maximum atomic E-state index is 11.1. The number of hydrogen-bond acceptors (Lipinski definition) is 5. The number of carbonyl (C=O) groups is 1. The van der Waals surface area contributed by atoms with E-state index in [0.29, 0.717) is 16.8 Å². The molecule has 7 heteroatoms. The number of primary amides is 1. The summed E-state index contributed by atoms with van der Waals surface area (Å²) in [5, 5.41) is 22.9. The van der Waals surface area contributed by atoms with Crippen LogP contribution < -0.4 is 11.1 Å². The maximum Gasteiger partial charge on any atom is 0.275 e. The van der Waals surface area contributed by atoms with Crippen LogP contribution in [0.4, 0.5) is 11.4 Å². The molecule has 110 valence electrons. The van der Waals surface area contributed by atoms with Gasteiger partial charge in [-0.2, -0.15) is 5.26 Å². The first-order chi connectivity index (χ1) is 10.5. The highest BCUT2D eigenvalue weighted by atomic mass is 16.6. The van der Waals surface area contributed by atoms with Gasteiger partial charge in [-0.05, 0) is 30.3 Å². The standard InChI is InChI=1S/C15H12N4O3/c16-8-10-2-1-3-13(6-10)18-9-12-5-4-11(15(17)20)7-14(12)19(21)22/h1-7,18H,9H2,(H2,17,20). The van der Waals surface area contributed by atoms with Crippen LogP contribution in [0.2, 0.25) is 0 Å². The van der Waals surface area contributed by atoms with Crippen molar-refractivity contribution >= 4 is 17.3 Å². The van der Waals surface area contributed by atoms with Gasteiger partial charge in [0.2, 0.25) is 5.91 Å². The maximum absolute atomic E-state index is 11.1. The zero-order valence-electron chi connectivity index (χ0n) is 11.4. The minimum atomic E-state index is -0.718. The molecule has 0 fully saturated rings. The topological polar surface area (TPSA) is 122 Å². The van der Waals surface area contributed by atoms with Gasteiger partial charge in [-0.15, -0.1) is 0 Å². The quantitative estimate of drug-likeness (QED) is 0.646. The first-order valence-corrected chi connectivity index (χ1v) is 6.32. The molecule has 22 heavy (non-hydrogen) atoms. The van der Waals surface area contributed by atoms with E-state index < -0.39 is 10.8 Å². The molecule has 0 saturated carbocycles. The Kier molecular flexibility index (Phi) is 4.34. The number of rotatable bonds is 5. The zero-order chi connectivity index (χ0) is 16.1. The summed E-state index contributed by atoms with van der Waals surface area (Å²) in [6.45, 7) is 0.185. The Labute approximate surface area is 126 Å². The second-order valence-corrected chi connectivity index (χ2v) is 4.51. The van der Waals surface area contributed by atoms with Crippen molar-refractivity contribution in [1.29, 1.82) is 5.26 Å². The van der Waals surface area contributed by atoms with Crippen LogP contribution in [-0.2, 0) is 6.54 Å². The van der Waals surface area contributed by atoms with Crippen LogP contribution in [0, 0.1) is 21.4 Å². The van der Waals surface area contributed by atoms with Crippen molar-refractivity contribution in [3.05, 3.63) is 69.3 Å². The molecule has 0 heterocycles. The van der Waals surface area contributed by atoms with Crippen LogP contribution in [0.25, 0.3) is 0 Å².